The fourth-order valence-corrected chi connectivity index (χ4v) is 6.06. The summed E-state index contributed by atoms with van der Waals surface area (Å²) in [6, 6.07) is 12.9. The van der Waals surface area contributed by atoms with Gasteiger partial charge in [-0.15, -0.1) is 0 Å². The van der Waals surface area contributed by atoms with Gasteiger partial charge in [0.05, 0.1) is 22.2 Å². The van der Waals surface area contributed by atoms with E-state index >= 15 is 0 Å². The standard InChI is InChI=1S/C23H23ClN6O2S/c1-16-6-7-21(17(2)12-16)33(31,32)29-10-8-28(9-11-29)22-20-14-27-30(23(20)26-15-25-22)19-5-3-4-18(24)13-19/h3-7,12-15H,8-11H2,1-2H3. The average Bonchev–Trinajstić information content (AvgIpc) is 3.23. The first-order chi connectivity index (χ1) is 15.8. The van der Waals surface area contributed by atoms with Crippen molar-refractivity contribution in [2.75, 3.05) is 31.1 Å². The van der Waals surface area contributed by atoms with Crippen LogP contribution in [0, 0.1) is 13.8 Å². The first-order valence-electron chi connectivity index (χ1n) is 10.6. The van der Waals surface area contributed by atoms with Crippen molar-refractivity contribution in [3.05, 3.63) is 71.1 Å². The summed E-state index contributed by atoms with van der Waals surface area (Å²) in [5.41, 5.74) is 3.30. The van der Waals surface area contributed by atoms with E-state index in [1.54, 1.807) is 21.3 Å². The van der Waals surface area contributed by atoms with Crippen LogP contribution in [0.1, 0.15) is 11.1 Å². The van der Waals surface area contributed by atoms with Crippen LogP contribution in [0.15, 0.2) is 59.9 Å². The van der Waals surface area contributed by atoms with Gasteiger partial charge in [0, 0.05) is 31.2 Å². The predicted octanol–water partition coefficient (Wildman–Crippen LogP) is 3.60. The molecule has 10 heteroatoms. The molecule has 1 saturated heterocycles. The molecule has 1 aliphatic rings. The Morgan fingerprint density at radius 3 is 2.48 bits per heavy atom. The number of rotatable bonds is 4. The molecule has 0 bridgehead atoms. The highest BCUT2D eigenvalue weighted by Gasteiger charge is 2.30. The highest BCUT2D eigenvalue weighted by Crippen LogP contribution is 2.28. The van der Waals surface area contributed by atoms with E-state index in [2.05, 4.69) is 20.0 Å². The lowest BCUT2D eigenvalue weighted by molar-refractivity contribution is 0.384. The number of hydrogen-bond donors (Lipinski definition) is 0. The number of nitrogens with zero attached hydrogens (tertiary/aromatic N) is 6. The number of hydrogen-bond acceptors (Lipinski definition) is 6. The van der Waals surface area contributed by atoms with Gasteiger partial charge < -0.3 is 4.90 Å². The zero-order valence-electron chi connectivity index (χ0n) is 18.3. The second kappa shape index (κ2) is 8.40. The number of aryl methyl sites for hydroxylation is 2. The van der Waals surface area contributed by atoms with Crippen molar-refractivity contribution in [3.63, 3.8) is 0 Å². The minimum Gasteiger partial charge on any atom is -0.353 e. The molecule has 0 radical (unpaired) electrons. The van der Waals surface area contributed by atoms with Gasteiger partial charge in [-0.3, -0.25) is 0 Å². The molecular formula is C23H23ClN6O2S. The molecule has 1 fully saturated rings. The van der Waals surface area contributed by atoms with Crippen LogP contribution in [0.4, 0.5) is 5.82 Å². The Bertz CT molecular complexity index is 1440. The van der Waals surface area contributed by atoms with Crippen LogP contribution < -0.4 is 4.90 Å². The molecular weight excluding hydrogens is 460 g/mol. The molecule has 2 aromatic heterocycles. The number of fused-ring (bicyclic) bond motifs is 1. The van der Waals surface area contributed by atoms with Crippen molar-refractivity contribution in [2.24, 2.45) is 0 Å². The Balaban J connectivity index is 1.40. The van der Waals surface area contributed by atoms with E-state index in [1.165, 1.54) is 6.33 Å². The molecule has 0 N–H and O–H groups in total. The van der Waals surface area contributed by atoms with E-state index in [9.17, 15) is 8.42 Å². The Morgan fingerprint density at radius 2 is 1.76 bits per heavy atom. The minimum atomic E-state index is -3.55. The van der Waals surface area contributed by atoms with Crippen LogP contribution in [0.25, 0.3) is 16.7 Å². The van der Waals surface area contributed by atoms with Gasteiger partial charge >= 0.3 is 0 Å². The minimum absolute atomic E-state index is 0.369. The highest BCUT2D eigenvalue weighted by atomic mass is 35.5. The third-order valence-corrected chi connectivity index (χ3v) is 8.18. The van der Waals surface area contributed by atoms with Gasteiger partial charge in [-0.1, -0.05) is 35.4 Å². The largest absolute Gasteiger partial charge is 0.353 e. The second-order valence-corrected chi connectivity index (χ2v) is 10.5. The summed E-state index contributed by atoms with van der Waals surface area (Å²) in [7, 11) is -3.55. The highest BCUT2D eigenvalue weighted by molar-refractivity contribution is 7.89. The smallest absolute Gasteiger partial charge is 0.243 e. The molecule has 1 aliphatic heterocycles. The van der Waals surface area contributed by atoms with Gasteiger partial charge in [0.15, 0.2) is 5.65 Å². The molecule has 0 aliphatic carbocycles. The second-order valence-electron chi connectivity index (χ2n) is 8.13. The molecule has 4 aromatic rings. The summed E-state index contributed by atoms with van der Waals surface area (Å²) >= 11 is 6.14. The molecule has 2 aromatic carbocycles. The van der Waals surface area contributed by atoms with E-state index < -0.39 is 10.0 Å². The van der Waals surface area contributed by atoms with Crippen LogP contribution in [0.3, 0.4) is 0 Å². The van der Waals surface area contributed by atoms with Gasteiger partial charge in [0.25, 0.3) is 0 Å². The Labute approximate surface area is 197 Å². The van der Waals surface area contributed by atoms with Crippen LogP contribution in [0.5, 0.6) is 0 Å². The lowest BCUT2D eigenvalue weighted by atomic mass is 10.2. The number of piperazine rings is 1. The first kappa shape index (κ1) is 21.8. The van der Waals surface area contributed by atoms with E-state index in [1.807, 2.05) is 50.2 Å². The molecule has 0 spiro atoms. The van der Waals surface area contributed by atoms with Gasteiger partial charge in [0.1, 0.15) is 12.1 Å². The summed E-state index contributed by atoms with van der Waals surface area (Å²) in [5.74, 6) is 0.747. The number of benzene rings is 2. The third-order valence-electron chi connectivity index (χ3n) is 5.88. The van der Waals surface area contributed by atoms with Crippen molar-refractivity contribution in [3.8, 4) is 5.69 Å². The van der Waals surface area contributed by atoms with Crippen molar-refractivity contribution in [1.29, 1.82) is 0 Å². The molecule has 0 atom stereocenters. The van der Waals surface area contributed by atoms with Crippen molar-refractivity contribution < 1.29 is 8.42 Å². The van der Waals surface area contributed by atoms with Crippen LogP contribution in [-0.2, 0) is 10.0 Å². The normalized spacial score (nSPS) is 15.3. The molecule has 33 heavy (non-hydrogen) atoms. The molecule has 0 saturated carbocycles. The number of halogens is 1. The van der Waals surface area contributed by atoms with Crippen molar-refractivity contribution in [1.82, 2.24) is 24.1 Å². The van der Waals surface area contributed by atoms with Crippen molar-refractivity contribution >= 4 is 38.5 Å². The lowest BCUT2D eigenvalue weighted by Gasteiger charge is -2.35. The summed E-state index contributed by atoms with van der Waals surface area (Å²) in [6.07, 6.45) is 3.25. The van der Waals surface area contributed by atoms with E-state index in [-0.39, 0.29) is 0 Å². The van der Waals surface area contributed by atoms with Gasteiger partial charge in [-0.25, -0.2) is 23.1 Å². The molecule has 0 amide bonds. The summed E-state index contributed by atoms with van der Waals surface area (Å²) in [5, 5.41) is 5.92. The number of sulfonamides is 1. The van der Waals surface area contributed by atoms with E-state index in [0.717, 1.165) is 28.0 Å². The molecule has 5 rings (SSSR count). The summed E-state index contributed by atoms with van der Waals surface area (Å²) < 4.78 is 29.7. The van der Waals surface area contributed by atoms with Gasteiger partial charge in [0.2, 0.25) is 10.0 Å². The molecule has 3 heterocycles. The third kappa shape index (κ3) is 3.96. The summed E-state index contributed by atoms with van der Waals surface area (Å²) in [4.78, 5) is 11.4. The van der Waals surface area contributed by atoms with Gasteiger partial charge in [-0.05, 0) is 43.7 Å². The number of anilines is 1. The maximum atomic E-state index is 13.2. The first-order valence-corrected chi connectivity index (χ1v) is 12.4. The SMILES string of the molecule is Cc1ccc(S(=O)(=O)N2CCN(c3ncnc4c3cnn4-c3cccc(Cl)c3)CC2)c(C)c1. The molecule has 170 valence electrons. The maximum absolute atomic E-state index is 13.2. The fourth-order valence-electron chi connectivity index (χ4n) is 4.25. The topological polar surface area (TPSA) is 84.2 Å². The van der Waals surface area contributed by atoms with Gasteiger partial charge in [-0.2, -0.15) is 9.40 Å². The van der Waals surface area contributed by atoms with Crippen LogP contribution in [-0.4, -0.2) is 58.7 Å². The molecule has 0 unspecified atom stereocenters. The van der Waals surface area contributed by atoms with Crippen LogP contribution in [0.2, 0.25) is 5.02 Å². The molecule has 8 nitrogen and oxygen atoms in total. The Kier molecular flexibility index (Phi) is 5.55. The zero-order chi connectivity index (χ0) is 23.2. The quantitative estimate of drug-likeness (QED) is 0.442. The number of aromatic nitrogens is 4. The maximum Gasteiger partial charge on any atom is 0.243 e. The average molecular weight is 483 g/mol. The summed E-state index contributed by atoms with van der Waals surface area (Å²) in [6.45, 7) is 5.61. The van der Waals surface area contributed by atoms with Crippen LogP contribution >= 0.6 is 11.6 Å². The monoisotopic (exact) mass is 482 g/mol. The Morgan fingerprint density at radius 1 is 0.970 bits per heavy atom. The van der Waals surface area contributed by atoms with E-state index in [0.29, 0.717) is 41.7 Å². The predicted molar refractivity (Wildman–Crippen MR) is 129 cm³/mol. The lowest BCUT2D eigenvalue weighted by Crippen LogP contribution is -2.49. The fraction of sp³-hybridized carbons (Fsp3) is 0.261. The van der Waals surface area contributed by atoms with E-state index in [4.69, 9.17) is 11.6 Å². The Hall–Kier alpha value is -3.01. The zero-order valence-corrected chi connectivity index (χ0v) is 19.9. The van der Waals surface area contributed by atoms with Crippen molar-refractivity contribution in [2.45, 2.75) is 18.7 Å².